The summed E-state index contributed by atoms with van der Waals surface area (Å²) in [5.41, 5.74) is 9.87. The lowest BCUT2D eigenvalue weighted by Gasteiger charge is -2.21. The van der Waals surface area contributed by atoms with Crippen LogP contribution in [-0.4, -0.2) is 0 Å². The van der Waals surface area contributed by atoms with E-state index < -0.39 is 0 Å². The van der Waals surface area contributed by atoms with Gasteiger partial charge in [-0.25, -0.2) is 0 Å². The topological polar surface area (TPSA) is 0 Å². The molecule has 11 aromatic carbocycles. The maximum Gasteiger partial charge on any atom is -0.00199 e. The number of benzene rings is 11. The first-order valence-corrected chi connectivity index (χ1v) is 18.8. The van der Waals surface area contributed by atoms with E-state index in [9.17, 15) is 0 Å². The van der Waals surface area contributed by atoms with E-state index in [1.54, 1.807) is 0 Å². The van der Waals surface area contributed by atoms with Crippen molar-refractivity contribution in [2.75, 3.05) is 0 Å². The third kappa shape index (κ3) is 4.78. The third-order valence-electron chi connectivity index (χ3n) is 11.4. The molecular weight excluding hydrogens is 649 g/mol. The van der Waals surface area contributed by atoms with Crippen molar-refractivity contribution in [2.24, 2.45) is 0 Å². The lowest BCUT2D eigenvalue weighted by molar-refractivity contribution is 1.60. The van der Waals surface area contributed by atoms with Gasteiger partial charge in [-0.3, -0.25) is 0 Å². The Morgan fingerprint density at radius 1 is 0.185 bits per heavy atom. The molecule has 0 aromatic heterocycles. The van der Waals surface area contributed by atoms with Crippen molar-refractivity contribution in [1.82, 2.24) is 0 Å². The fraction of sp³-hybridized carbons (Fsp3) is 0. The summed E-state index contributed by atoms with van der Waals surface area (Å²) < 4.78 is 0. The molecule has 250 valence electrons. The molecule has 0 aliphatic heterocycles. The van der Waals surface area contributed by atoms with Gasteiger partial charge >= 0.3 is 0 Å². The van der Waals surface area contributed by atoms with Crippen LogP contribution >= 0.6 is 0 Å². The fourth-order valence-electron chi connectivity index (χ4n) is 8.96. The summed E-state index contributed by atoms with van der Waals surface area (Å²) in [4.78, 5) is 0. The molecule has 0 N–H and O–H groups in total. The van der Waals surface area contributed by atoms with Gasteiger partial charge in [0.2, 0.25) is 0 Å². The molecule has 11 aromatic rings. The molecule has 0 bridgehead atoms. The van der Waals surface area contributed by atoms with E-state index in [0.29, 0.717) is 0 Å². The van der Waals surface area contributed by atoms with Gasteiger partial charge < -0.3 is 0 Å². The first-order valence-electron chi connectivity index (χ1n) is 18.8. The summed E-state index contributed by atoms with van der Waals surface area (Å²) >= 11 is 0. The minimum atomic E-state index is 1.20. The van der Waals surface area contributed by atoms with Crippen LogP contribution in [0.15, 0.2) is 206 Å². The van der Waals surface area contributed by atoms with Crippen LogP contribution < -0.4 is 0 Å². The van der Waals surface area contributed by atoms with Crippen molar-refractivity contribution in [2.45, 2.75) is 0 Å². The standard InChI is InChI=1S/C54H34/c1-2-15-36(16-3-1)53-47-22-10-12-24-49(47)54(50-25-13-11-23-48(50)53)52-34-39(28-30-41(52)40-27-26-35-14-4-5-17-37(35)32-40)38-29-31-46-44-20-7-6-18-42(44)43-19-8-9-21-45(43)51(46)33-38/h1-34H. The Morgan fingerprint density at radius 2 is 0.630 bits per heavy atom. The molecule has 0 fully saturated rings. The van der Waals surface area contributed by atoms with E-state index in [0.717, 1.165) is 0 Å². The van der Waals surface area contributed by atoms with Gasteiger partial charge in [-0.15, -0.1) is 0 Å². The van der Waals surface area contributed by atoms with Crippen molar-refractivity contribution in [1.29, 1.82) is 0 Å². The minimum absolute atomic E-state index is 1.20. The SMILES string of the molecule is c1ccc(-c2c3ccccc3c(-c3cc(-c4ccc5c6ccccc6c6ccccc6c5c4)ccc3-c3ccc4ccccc4c3)c3ccccc23)cc1. The van der Waals surface area contributed by atoms with Gasteiger partial charge in [-0.2, -0.15) is 0 Å². The maximum atomic E-state index is 2.45. The Labute approximate surface area is 314 Å². The molecule has 0 atom stereocenters. The molecule has 0 radical (unpaired) electrons. The molecule has 0 unspecified atom stereocenters. The normalized spacial score (nSPS) is 11.7. The molecule has 0 saturated heterocycles. The maximum absolute atomic E-state index is 2.45. The van der Waals surface area contributed by atoms with Gasteiger partial charge in [0.05, 0.1) is 0 Å². The summed E-state index contributed by atoms with van der Waals surface area (Å²) in [5.74, 6) is 0. The van der Waals surface area contributed by atoms with Gasteiger partial charge in [0.15, 0.2) is 0 Å². The van der Waals surface area contributed by atoms with E-state index in [1.165, 1.54) is 109 Å². The zero-order valence-corrected chi connectivity index (χ0v) is 29.6. The average Bonchev–Trinajstić information content (AvgIpc) is 3.25. The molecule has 0 heteroatoms. The Balaban J connectivity index is 1.23. The highest BCUT2D eigenvalue weighted by atomic mass is 14.2. The Bertz CT molecular complexity index is 3170. The largest absolute Gasteiger partial charge is 0.0622 e. The monoisotopic (exact) mass is 682 g/mol. The zero-order chi connectivity index (χ0) is 35.6. The number of rotatable bonds is 4. The van der Waals surface area contributed by atoms with E-state index in [2.05, 4.69) is 206 Å². The number of fused-ring (bicyclic) bond motifs is 9. The van der Waals surface area contributed by atoms with Crippen molar-refractivity contribution in [3.8, 4) is 44.5 Å². The first-order chi connectivity index (χ1) is 26.8. The highest BCUT2D eigenvalue weighted by Gasteiger charge is 2.20. The predicted octanol–water partition coefficient (Wildman–Crippen LogP) is 15.3. The quantitative estimate of drug-likeness (QED) is 0.128. The summed E-state index contributed by atoms with van der Waals surface area (Å²) in [7, 11) is 0. The predicted molar refractivity (Wildman–Crippen MR) is 233 cm³/mol. The van der Waals surface area contributed by atoms with Crippen molar-refractivity contribution in [3.05, 3.63) is 206 Å². The van der Waals surface area contributed by atoms with Crippen LogP contribution in [0.4, 0.5) is 0 Å². The Morgan fingerprint density at radius 3 is 1.26 bits per heavy atom. The van der Waals surface area contributed by atoms with Gasteiger partial charge in [-0.1, -0.05) is 188 Å². The molecule has 0 aliphatic rings. The molecular formula is C54H34. The van der Waals surface area contributed by atoms with Crippen LogP contribution in [0.2, 0.25) is 0 Å². The highest BCUT2D eigenvalue weighted by Crippen LogP contribution is 2.47. The molecule has 0 nitrogen and oxygen atoms in total. The zero-order valence-electron chi connectivity index (χ0n) is 29.6. The molecule has 0 saturated carbocycles. The van der Waals surface area contributed by atoms with Crippen LogP contribution in [0.3, 0.4) is 0 Å². The first kappa shape index (κ1) is 30.6. The van der Waals surface area contributed by atoms with Crippen molar-refractivity contribution in [3.63, 3.8) is 0 Å². The van der Waals surface area contributed by atoms with Gasteiger partial charge in [0, 0.05) is 0 Å². The number of hydrogen-bond donors (Lipinski definition) is 0. The second-order valence-electron chi connectivity index (χ2n) is 14.4. The summed E-state index contributed by atoms with van der Waals surface area (Å²) in [6.45, 7) is 0. The molecule has 0 heterocycles. The third-order valence-corrected chi connectivity index (χ3v) is 11.4. The van der Waals surface area contributed by atoms with Crippen LogP contribution in [-0.2, 0) is 0 Å². The molecule has 54 heavy (non-hydrogen) atoms. The lowest BCUT2D eigenvalue weighted by Crippen LogP contribution is -1.94. The van der Waals surface area contributed by atoms with Gasteiger partial charge in [-0.05, 0) is 127 Å². The molecule has 0 spiro atoms. The Kier molecular flexibility index (Phi) is 6.97. The van der Waals surface area contributed by atoms with E-state index in [-0.39, 0.29) is 0 Å². The summed E-state index contributed by atoms with van der Waals surface area (Å²) in [6, 6.07) is 76.2. The number of hydrogen-bond acceptors (Lipinski definition) is 0. The molecule has 0 amide bonds. The van der Waals surface area contributed by atoms with Crippen molar-refractivity contribution < 1.29 is 0 Å². The minimum Gasteiger partial charge on any atom is -0.0622 e. The van der Waals surface area contributed by atoms with Gasteiger partial charge in [0.1, 0.15) is 0 Å². The van der Waals surface area contributed by atoms with Gasteiger partial charge in [0.25, 0.3) is 0 Å². The van der Waals surface area contributed by atoms with Crippen LogP contribution in [0.25, 0.3) is 109 Å². The Hall–Kier alpha value is -7.02. The van der Waals surface area contributed by atoms with Crippen LogP contribution in [0.5, 0.6) is 0 Å². The molecule has 0 aliphatic carbocycles. The lowest BCUT2D eigenvalue weighted by atomic mass is 9.82. The smallest absolute Gasteiger partial charge is 0.00199 e. The fourth-order valence-corrected chi connectivity index (χ4v) is 8.96. The van der Waals surface area contributed by atoms with Crippen molar-refractivity contribution >= 4 is 64.6 Å². The van der Waals surface area contributed by atoms with E-state index in [4.69, 9.17) is 0 Å². The average molecular weight is 683 g/mol. The van der Waals surface area contributed by atoms with E-state index >= 15 is 0 Å². The van der Waals surface area contributed by atoms with Crippen LogP contribution in [0, 0.1) is 0 Å². The second-order valence-corrected chi connectivity index (χ2v) is 14.4. The summed E-state index contributed by atoms with van der Waals surface area (Å²) in [6.07, 6.45) is 0. The summed E-state index contributed by atoms with van der Waals surface area (Å²) in [5, 5.41) is 15.3. The second kappa shape index (κ2) is 12.3. The highest BCUT2D eigenvalue weighted by molar-refractivity contribution is 6.26. The molecule has 11 rings (SSSR count). The van der Waals surface area contributed by atoms with Crippen LogP contribution in [0.1, 0.15) is 0 Å². The van der Waals surface area contributed by atoms with E-state index in [1.807, 2.05) is 0 Å².